The lowest BCUT2D eigenvalue weighted by Crippen LogP contribution is -2.54. The van der Waals surface area contributed by atoms with Gasteiger partial charge in [-0.3, -0.25) is 14.4 Å². The molecule has 0 bridgehead atoms. The molecule has 1 saturated heterocycles. The van der Waals surface area contributed by atoms with Gasteiger partial charge in [0, 0.05) is 30.1 Å². The van der Waals surface area contributed by atoms with Gasteiger partial charge in [-0.05, 0) is 24.5 Å². The molecule has 11 nitrogen and oxygen atoms in total. The number of carbonyl (C=O) groups is 4. The van der Waals surface area contributed by atoms with Gasteiger partial charge in [0.2, 0.25) is 17.7 Å². The van der Waals surface area contributed by atoms with Gasteiger partial charge in [0.25, 0.3) is 0 Å². The van der Waals surface area contributed by atoms with E-state index in [0.717, 1.165) is 16.5 Å². The minimum absolute atomic E-state index is 0.120. The Bertz CT molecular complexity index is 1010. The first-order chi connectivity index (χ1) is 15.3. The number of nitrogens with two attached hydrogens (primary N) is 1. The van der Waals surface area contributed by atoms with E-state index in [0.29, 0.717) is 19.4 Å². The number of likely N-dealkylation sites (tertiary alicyclic amines) is 1. The van der Waals surface area contributed by atoms with E-state index >= 15 is 0 Å². The highest BCUT2D eigenvalue weighted by atomic mass is 16.4. The first-order valence-corrected chi connectivity index (χ1v) is 10.3. The number of aliphatic hydroxyl groups is 1. The van der Waals surface area contributed by atoms with E-state index in [1.807, 2.05) is 24.3 Å². The molecule has 1 aromatic carbocycles. The van der Waals surface area contributed by atoms with Gasteiger partial charge in [0.05, 0.1) is 13.2 Å². The zero-order valence-corrected chi connectivity index (χ0v) is 17.4. The zero-order valence-electron chi connectivity index (χ0n) is 17.4. The average molecular weight is 445 g/mol. The number of rotatable bonds is 9. The van der Waals surface area contributed by atoms with Crippen molar-refractivity contribution in [1.29, 1.82) is 0 Å². The minimum atomic E-state index is -1.20. The Morgan fingerprint density at radius 3 is 2.69 bits per heavy atom. The molecular formula is C21H27N5O6. The lowest BCUT2D eigenvalue weighted by atomic mass is 10.0. The number of benzene rings is 1. The number of hydrogen-bond acceptors (Lipinski definition) is 6. The fraction of sp³-hybridized carbons (Fsp3) is 0.429. The molecule has 2 heterocycles. The van der Waals surface area contributed by atoms with Gasteiger partial charge >= 0.3 is 5.97 Å². The van der Waals surface area contributed by atoms with E-state index in [-0.39, 0.29) is 6.42 Å². The molecule has 7 N–H and O–H groups in total. The van der Waals surface area contributed by atoms with Crippen molar-refractivity contribution in [2.45, 2.75) is 37.4 Å². The third-order valence-corrected chi connectivity index (χ3v) is 5.54. The predicted molar refractivity (Wildman–Crippen MR) is 114 cm³/mol. The average Bonchev–Trinajstić information content (AvgIpc) is 3.44. The van der Waals surface area contributed by atoms with E-state index in [9.17, 15) is 24.3 Å². The summed E-state index contributed by atoms with van der Waals surface area (Å²) in [6.07, 6.45) is 2.80. The normalized spacial score (nSPS) is 17.7. The maximum atomic E-state index is 12.9. The molecule has 2 aromatic rings. The van der Waals surface area contributed by atoms with Gasteiger partial charge < -0.3 is 36.5 Å². The number of amides is 3. The fourth-order valence-electron chi connectivity index (χ4n) is 3.80. The highest BCUT2D eigenvalue weighted by Gasteiger charge is 2.34. The Morgan fingerprint density at radius 2 is 1.97 bits per heavy atom. The number of aromatic nitrogens is 1. The van der Waals surface area contributed by atoms with E-state index in [4.69, 9.17) is 10.8 Å². The van der Waals surface area contributed by atoms with Gasteiger partial charge in [0.15, 0.2) is 0 Å². The molecule has 0 radical (unpaired) electrons. The second-order valence-corrected chi connectivity index (χ2v) is 7.72. The molecule has 0 saturated carbocycles. The van der Waals surface area contributed by atoms with E-state index < -0.39 is 55.0 Å². The summed E-state index contributed by atoms with van der Waals surface area (Å²) in [6.45, 7) is -0.668. The molecule has 0 spiro atoms. The van der Waals surface area contributed by atoms with E-state index in [1.54, 1.807) is 6.20 Å². The monoisotopic (exact) mass is 445 g/mol. The second-order valence-electron chi connectivity index (χ2n) is 7.72. The van der Waals surface area contributed by atoms with Crippen LogP contribution in [0.5, 0.6) is 0 Å². The first-order valence-electron chi connectivity index (χ1n) is 10.3. The number of nitrogens with one attached hydrogen (secondary N) is 3. The molecule has 3 atom stereocenters. The lowest BCUT2D eigenvalue weighted by Gasteiger charge is -2.23. The van der Waals surface area contributed by atoms with Crippen LogP contribution in [0.2, 0.25) is 0 Å². The van der Waals surface area contributed by atoms with Crippen molar-refractivity contribution in [2.75, 3.05) is 19.7 Å². The van der Waals surface area contributed by atoms with Crippen molar-refractivity contribution < 1.29 is 29.4 Å². The number of aliphatic hydroxyl groups excluding tert-OH is 1. The third kappa shape index (κ3) is 5.24. The summed E-state index contributed by atoms with van der Waals surface area (Å²) in [4.78, 5) is 53.2. The van der Waals surface area contributed by atoms with Crippen LogP contribution >= 0.6 is 0 Å². The Kier molecular flexibility index (Phi) is 7.44. The first kappa shape index (κ1) is 23.2. The van der Waals surface area contributed by atoms with Crippen molar-refractivity contribution in [3.05, 3.63) is 36.0 Å². The van der Waals surface area contributed by atoms with Crippen molar-refractivity contribution in [3.8, 4) is 0 Å². The smallest absolute Gasteiger partial charge is 0.326 e. The highest BCUT2D eigenvalue weighted by Crippen LogP contribution is 2.20. The number of aliphatic carboxylic acids is 1. The number of nitrogens with zero attached hydrogens (tertiary/aromatic N) is 1. The van der Waals surface area contributed by atoms with Crippen molar-refractivity contribution in [3.63, 3.8) is 0 Å². The number of carboxylic acids is 1. The van der Waals surface area contributed by atoms with Crippen LogP contribution < -0.4 is 16.4 Å². The molecule has 0 aliphatic carbocycles. The predicted octanol–water partition coefficient (Wildman–Crippen LogP) is -1.29. The van der Waals surface area contributed by atoms with Crippen molar-refractivity contribution >= 4 is 34.6 Å². The van der Waals surface area contributed by atoms with E-state index in [1.165, 1.54) is 4.90 Å². The van der Waals surface area contributed by atoms with E-state index in [2.05, 4.69) is 15.6 Å². The number of para-hydroxylation sites is 1. The Morgan fingerprint density at radius 1 is 1.22 bits per heavy atom. The summed E-state index contributed by atoms with van der Waals surface area (Å²) in [5.41, 5.74) is 7.20. The Balaban J connectivity index is 1.70. The zero-order chi connectivity index (χ0) is 23.3. The number of H-pyrrole nitrogens is 1. The molecule has 32 heavy (non-hydrogen) atoms. The molecule has 3 rings (SSSR count). The van der Waals surface area contributed by atoms with Gasteiger partial charge in [-0.1, -0.05) is 18.2 Å². The molecule has 172 valence electrons. The molecule has 1 aliphatic heterocycles. The van der Waals surface area contributed by atoms with Crippen molar-refractivity contribution in [2.24, 2.45) is 5.73 Å². The second kappa shape index (κ2) is 10.2. The van der Waals surface area contributed by atoms with Crippen molar-refractivity contribution in [1.82, 2.24) is 20.5 Å². The molecule has 11 heteroatoms. The van der Waals surface area contributed by atoms with Gasteiger partial charge in [-0.2, -0.15) is 0 Å². The summed E-state index contributed by atoms with van der Waals surface area (Å²) < 4.78 is 0. The summed E-state index contributed by atoms with van der Waals surface area (Å²) in [5, 5.41) is 24.3. The fourth-order valence-corrected chi connectivity index (χ4v) is 3.80. The topological polar surface area (TPSA) is 178 Å². The number of fused-ring (bicyclic) bond motifs is 1. The Hall–Kier alpha value is -3.44. The standard InChI is InChI=1S/C21H27N5O6/c22-14(11-27)19(29)25-16(8-12-9-23-15-5-2-1-4-13(12)15)20(30)24-10-18(28)26-7-3-6-17(26)21(31)32/h1-2,4-5,9,14,16-17,23,27H,3,6-8,10-11,22H2,(H,24,30)(H,25,29)(H,31,32). The SMILES string of the molecule is NC(CO)C(=O)NC(Cc1c[nH]c2ccccc12)C(=O)NCC(=O)N1CCCC1C(=O)O. The van der Waals surface area contributed by atoms with Crippen LogP contribution in [0, 0.1) is 0 Å². The lowest BCUT2D eigenvalue weighted by molar-refractivity contribution is -0.148. The van der Waals surface area contributed by atoms with Crippen LogP contribution in [-0.2, 0) is 25.6 Å². The molecule has 3 amide bonds. The molecule has 3 unspecified atom stereocenters. The molecule has 1 fully saturated rings. The summed E-state index contributed by atoms with van der Waals surface area (Å²) >= 11 is 0. The van der Waals surface area contributed by atoms with Gasteiger partial charge in [-0.25, -0.2) is 4.79 Å². The molecule has 1 aliphatic rings. The van der Waals surface area contributed by atoms with Crippen LogP contribution in [0.1, 0.15) is 18.4 Å². The maximum Gasteiger partial charge on any atom is 0.326 e. The van der Waals surface area contributed by atoms with Crippen LogP contribution in [0.15, 0.2) is 30.5 Å². The van der Waals surface area contributed by atoms with Gasteiger partial charge in [0.1, 0.15) is 18.1 Å². The number of hydrogen-bond donors (Lipinski definition) is 6. The van der Waals surface area contributed by atoms with Crippen LogP contribution in [0.3, 0.4) is 0 Å². The minimum Gasteiger partial charge on any atom is -0.480 e. The Labute approximate surface area is 183 Å². The maximum absolute atomic E-state index is 12.9. The van der Waals surface area contributed by atoms with Gasteiger partial charge in [-0.15, -0.1) is 0 Å². The van der Waals surface area contributed by atoms with Crippen LogP contribution in [-0.4, -0.2) is 81.6 Å². The molecule has 1 aromatic heterocycles. The number of carbonyl (C=O) groups excluding carboxylic acids is 3. The largest absolute Gasteiger partial charge is 0.480 e. The summed E-state index contributed by atoms with van der Waals surface area (Å²) in [5.74, 6) is -2.91. The quantitative estimate of drug-likeness (QED) is 0.278. The summed E-state index contributed by atoms with van der Waals surface area (Å²) in [7, 11) is 0. The third-order valence-electron chi connectivity index (χ3n) is 5.54. The highest BCUT2D eigenvalue weighted by molar-refractivity contribution is 5.93. The number of aromatic amines is 1. The van der Waals surface area contributed by atoms with Crippen LogP contribution in [0.4, 0.5) is 0 Å². The summed E-state index contributed by atoms with van der Waals surface area (Å²) in [6, 6.07) is 4.31. The number of carboxylic acid groups (broad SMARTS) is 1. The molecular weight excluding hydrogens is 418 g/mol. The van der Waals surface area contributed by atoms with Crippen LogP contribution in [0.25, 0.3) is 10.9 Å².